The average Bonchev–Trinajstić information content (AvgIpc) is 2.22. The minimum atomic E-state index is -0.372. The minimum absolute atomic E-state index is 0.140. The van der Waals surface area contributed by atoms with Gasteiger partial charge in [-0.1, -0.05) is 23.7 Å². The van der Waals surface area contributed by atoms with Crippen molar-refractivity contribution in [1.82, 2.24) is 4.90 Å². The standard InChI is InChI=1S/C11H12ClFN2/c1-15(7-3-6-14)8-9-4-2-5-10(12)11(9)13/h2,4-5H,3,7-8H2,1H3. The van der Waals surface area contributed by atoms with Crippen molar-refractivity contribution in [3.05, 3.63) is 34.6 Å². The number of halogens is 2. The van der Waals surface area contributed by atoms with Gasteiger partial charge in [-0.05, 0) is 13.1 Å². The summed E-state index contributed by atoms with van der Waals surface area (Å²) in [6, 6.07) is 6.99. The summed E-state index contributed by atoms with van der Waals surface area (Å²) < 4.78 is 13.5. The molecule has 0 unspecified atom stereocenters. The highest BCUT2D eigenvalue weighted by Gasteiger charge is 2.08. The Morgan fingerprint density at radius 3 is 2.93 bits per heavy atom. The van der Waals surface area contributed by atoms with Gasteiger partial charge in [0.05, 0.1) is 11.1 Å². The molecule has 0 radical (unpaired) electrons. The van der Waals surface area contributed by atoms with Gasteiger partial charge >= 0.3 is 0 Å². The van der Waals surface area contributed by atoms with Gasteiger partial charge in [-0.3, -0.25) is 0 Å². The minimum Gasteiger partial charge on any atom is -0.301 e. The summed E-state index contributed by atoms with van der Waals surface area (Å²) in [6.45, 7) is 1.09. The molecule has 4 heteroatoms. The van der Waals surface area contributed by atoms with E-state index in [0.29, 0.717) is 25.1 Å². The maximum Gasteiger partial charge on any atom is 0.146 e. The molecule has 0 bridgehead atoms. The highest BCUT2D eigenvalue weighted by atomic mass is 35.5. The van der Waals surface area contributed by atoms with Crippen molar-refractivity contribution in [1.29, 1.82) is 5.26 Å². The summed E-state index contributed by atoms with van der Waals surface area (Å²) in [4.78, 5) is 1.89. The molecule has 0 spiro atoms. The molecule has 0 N–H and O–H groups in total. The van der Waals surface area contributed by atoms with Crippen LogP contribution < -0.4 is 0 Å². The van der Waals surface area contributed by atoms with E-state index in [2.05, 4.69) is 0 Å². The smallest absolute Gasteiger partial charge is 0.146 e. The quantitative estimate of drug-likeness (QED) is 0.790. The van der Waals surface area contributed by atoms with Crippen LogP contribution in [0.2, 0.25) is 5.02 Å². The van der Waals surface area contributed by atoms with Crippen LogP contribution in [0.25, 0.3) is 0 Å². The van der Waals surface area contributed by atoms with E-state index in [9.17, 15) is 4.39 Å². The van der Waals surface area contributed by atoms with E-state index in [1.54, 1.807) is 12.1 Å². The second-order valence-corrected chi connectivity index (χ2v) is 3.77. The summed E-state index contributed by atoms with van der Waals surface area (Å²) >= 11 is 5.66. The van der Waals surface area contributed by atoms with Crippen molar-refractivity contribution < 1.29 is 4.39 Å². The molecule has 0 heterocycles. The highest BCUT2D eigenvalue weighted by molar-refractivity contribution is 6.30. The predicted octanol–water partition coefficient (Wildman–Crippen LogP) is 2.82. The Hall–Kier alpha value is -1.11. The highest BCUT2D eigenvalue weighted by Crippen LogP contribution is 2.18. The molecule has 0 aromatic heterocycles. The van der Waals surface area contributed by atoms with E-state index >= 15 is 0 Å². The maximum atomic E-state index is 13.5. The van der Waals surface area contributed by atoms with Crippen LogP contribution in [0.1, 0.15) is 12.0 Å². The van der Waals surface area contributed by atoms with Crippen LogP contribution in [0, 0.1) is 17.1 Å². The fourth-order valence-electron chi connectivity index (χ4n) is 1.28. The third-order valence-electron chi connectivity index (χ3n) is 2.08. The Kier molecular flexibility index (Phi) is 4.54. The Bertz CT molecular complexity index is 373. The van der Waals surface area contributed by atoms with Crippen LogP contribution in [0.15, 0.2) is 18.2 Å². The van der Waals surface area contributed by atoms with Crippen LogP contribution in [-0.2, 0) is 6.54 Å². The molecule has 80 valence electrons. The van der Waals surface area contributed by atoms with Crippen LogP contribution in [0.5, 0.6) is 0 Å². The normalized spacial score (nSPS) is 10.3. The Morgan fingerprint density at radius 1 is 1.53 bits per heavy atom. The second kappa shape index (κ2) is 5.69. The molecule has 0 fully saturated rings. The summed E-state index contributed by atoms with van der Waals surface area (Å²) in [5.41, 5.74) is 0.558. The number of nitrogens with zero attached hydrogens (tertiary/aromatic N) is 2. The van der Waals surface area contributed by atoms with Gasteiger partial charge in [0, 0.05) is 25.1 Å². The zero-order chi connectivity index (χ0) is 11.3. The van der Waals surface area contributed by atoms with Crippen molar-refractivity contribution in [3.8, 4) is 6.07 Å². The van der Waals surface area contributed by atoms with Crippen molar-refractivity contribution in [2.75, 3.05) is 13.6 Å². The third kappa shape index (κ3) is 3.50. The molecule has 0 saturated heterocycles. The molecule has 0 saturated carbocycles. The van der Waals surface area contributed by atoms with Gasteiger partial charge in [0.1, 0.15) is 5.82 Å². The topological polar surface area (TPSA) is 27.0 Å². The van der Waals surface area contributed by atoms with Crippen LogP contribution in [-0.4, -0.2) is 18.5 Å². The first kappa shape index (κ1) is 12.0. The van der Waals surface area contributed by atoms with E-state index < -0.39 is 0 Å². The summed E-state index contributed by atoms with van der Waals surface area (Å²) in [5, 5.41) is 8.55. The Balaban J connectivity index is 2.65. The Labute approximate surface area is 93.9 Å². The zero-order valence-electron chi connectivity index (χ0n) is 8.50. The van der Waals surface area contributed by atoms with E-state index in [4.69, 9.17) is 16.9 Å². The molecular weight excluding hydrogens is 215 g/mol. The summed E-state index contributed by atoms with van der Waals surface area (Å²) in [7, 11) is 1.84. The summed E-state index contributed by atoms with van der Waals surface area (Å²) in [5.74, 6) is -0.372. The predicted molar refractivity (Wildman–Crippen MR) is 58.0 cm³/mol. The molecule has 15 heavy (non-hydrogen) atoms. The molecule has 0 amide bonds. The van der Waals surface area contributed by atoms with Crippen molar-refractivity contribution in [2.45, 2.75) is 13.0 Å². The summed E-state index contributed by atoms with van der Waals surface area (Å²) in [6.07, 6.45) is 0.443. The molecule has 0 atom stereocenters. The molecule has 0 aliphatic heterocycles. The average molecular weight is 227 g/mol. The lowest BCUT2D eigenvalue weighted by Crippen LogP contribution is -2.19. The van der Waals surface area contributed by atoms with E-state index in [1.807, 2.05) is 18.0 Å². The van der Waals surface area contributed by atoms with Crippen molar-refractivity contribution >= 4 is 11.6 Å². The molecule has 1 rings (SSSR count). The van der Waals surface area contributed by atoms with Gasteiger partial charge in [0.15, 0.2) is 0 Å². The molecule has 0 aliphatic carbocycles. The zero-order valence-corrected chi connectivity index (χ0v) is 9.26. The number of hydrogen-bond acceptors (Lipinski definition) is 2. The van der Waals surface area contributed by atoms with Gasteiger partial charge in [-0.25, -0.2) is 4.39 Å². The van der Waals surface area contributed by atoms with Gasteiger partial charge in [0.2, 0.25) is 0 Å². The molecular formula is C11H12ClFN2. The SMILES string of the molecule is CN(CCC#N)Cc1cccc(Cl)c1F. The lowest BCUT2D eigenvalue weighted by molar-refractivity contribution is 0.329. The lowest BCUT2D eigenvalue weighted by atomic mass is 10.2. The van der Waals surface area contributed by atoms with Crippen molar-refractivity contribution in [3.63, 3.8) is 0 Å². The maximum absolute atomic E-state index is 13.5. The van der Waals surface area contributed by atoms with Gasteiger partial charge < -0.3 is 4.90 Å². The first-order valence-corrected chi connectivity index (χ1v) is 5.01. The lowest BCUT2D eigenvalue weighted by Gasteiger charge is -2.15. The molecule has 1 aromatic rings. The van der Waals surface area contributed by atoms with Crippen molar-refractivity contribution in [2.24, 2.45) is 0 Å². The van der Waals surface area contributed by atoms with Crippen LogP contribution in [0.3, 0.4) is 0 Å². The number of benzene rings is 1. The Morgan fingerprint density at radius 2 is 2.27 bits per heavy atom. The molecule has 0 aliphatic rings. The first-order valence-electron chi connectivity index (χ1n) is 4.63. The molecule has 1 aromatic carbocycles. The number of hydrogen-bond donors (Lipinski definition) is 0. The molecule has 2 nitrogen and oxygen atoms in total. The van der Waals surface area contributed by atoms with E-state index in [0.717, 1.165) is 0 Å². The fraction of sp³-hybridized carbons (Fsp3) is 0.364. The van der Waals surface area contributed by atoms with Gasteiger partial charge in [-0.15, -0.1) is 0 Å². The number of rotatable bonds is 4. The van der Waals surface area contributed by atoms with Gasteiger partial charge in [-0.2, -0.15) is 5.26 Å². The fourth-order valence-corrected chi connectivity index (χ4v) is 1.48. The van der Waals surface area contributed by atoms with Crippen LogP contribution >= 0.6 is 11.6 Å². The van der Waals surface area contributed by atoms with E-state index in [1.165, 1.54) is 6.07 Å². The largest absolute Gasteiger partial charge is 0.301 e. The first-order chi connectivity index (χ1) is 7.15. The van der Waals surface area contributed by atoms with Crippen LogP contribution in [0.4, 0.5) is 4.39 Å². The second-order valence-electron chi connectivity index (χ2n) is 3.36. The number of nitriles is 1. The van der Waals surface area contributed by atoms with E-state index in [-0.39, 0.29) is 10.8 Å². The monoisotopic (exact) mass is 226 g/mol. The van der Waals surface area contributed by atoms with Gasteiger partial charge in [0.25, 0.3) is 0 Å². The third-order valence-corrected chi connectivity index (χ3v) is 2.37.